The van der Waals surface area contributed by atoms with E-state index in [9.17, 15) is 9.59 Å². The first-order valence-electron chi connectivity index (χ1n) is 10.1. The van der Waals surface area contributed by atoms with Crippen LogP contribution in [-0.2, 0) is 4.79 Å². The lowest BCUT2D eigenvalue weighted by molar-refractivity contribution is -0.122. The second-order valence-electron chi connectivity index (χ2n) is 6.86. The maximum Gasteiger partial charge on any atom is 0.265 e. The molecule has 0 radical (unpaired) electrons. The molecule has 1 N–H and O–H groups in total. The molecule has 3 rings (SSSR count). The lowest BCUT2D eigenvalue weighted by Crippen LogP contribution is -2.31. The largest absolute Gasteiger partial charge is 0.493 e. The highest BCUT2D eigenvalue weighted by Crippen LogP contribution is 2.27. The molecule has 31 heavy (non-hydrogen) atoms. The minimum absolute atomic E-state index is 0.0977. The summed E-state index contributed by atoms with van der Waals surface area (Å²) >= 11 is 0. The molecular weight excluding hydrogens is 392 g/mol. The van der Waals surface area contributed by atoms with Crippen molar-refractivity contribution in [2.75, 3.05) is 23.9 Å². The number of nitrogens with one attached hydrogen (secondary N) is 1. The highest BCUT2D eigenvalue weighted by molar-refractivity contribution is 6.06. The van der Waals surface area contributed by atoms with Gasteiger partial charge in [-0.3, -0.25) is 9.59 Å². The Labute approximate surface area is 182 Å². The zero-order valence-corrected chi connectivity index (χ0v) is 17.9. The van der Waals surface area contributed by atoms with E-state index in [0.29, 0.717) is 29.3 Å². The lowest BCUT2D eigenvalue weighted by Gasteiger charge is -2.21. The Morgan fingerprint density at radius 1 is 0.903 bits per heavy atom. The molecule has 0 heterocycles. The van der Waals surface area contributed by atoms with Crippen LogP contribution in [0.1, 0.15) is 24.2 Å². The number of para-hydroxylation sites is 3. The van der Waals surface area contributed by atoms with E-state index in [0.717, 1.165) is 5.69 Å². The SMILES string of the molecule is CCN(C(=O)c1ccc(NC(=O)C(C)Oc2ccccc2OC)cc1)c1ccccc1. The Kier molecular flexibility index (Phi) is 7.27. The minimum atomic E-state index is -0.730. The van der Waals surface area contributed by atoms with Crippen LogP contribution in [0.25, 0.3) is 0 Å². The molecule has 2 amide bonds. The van der Waals surface area contributed by atoms with Crippen LogP contribution >= 0.6 is 0 Å². The van der Waals surface area contributed by atoms with Crippen LogP contribution in [0.3, 0.4) is 0 Å². The molecular formula is C25H26N2O4. The third kappa shape index (κ3) is 5.42. The fourth-order valence-corrected chi connectivity index (χ4v) is 3.11. The normalized spacial score (nSPS) is 11.3. The van der Waals surface area contributed by atoms with Crippen molar-refractivity contribution < 1.29 is 19.1 Å². The van der Waals surface area contributed by atoms with Gasteiger partial charge in [-0.05, 0) is 62.4 Å². The molecule has 160 valence electrons. The summed E-state index contributed by atoms with van der Waals surface area (Å²) in [6.45, 7) is 4.15. The Morgan fingerprint density at radius 3 is 2.13 bits per heavy atom. The number of carbonyl (C=O) groups is 2. The maximum atomic E-state index is 12.9. The molecule has 0 aromatic heterocycles. The van der Waals surface area contributed by atoms with Crippen molar-refractivity contribution in [1.29, 1.82) is 0 Å². The van der Waals surface area contributed by atoms with Gasteiger partial charge in [0.25, 0.3) is 11.8 Å². The summed E-state index contributed by atoms with van der Waals surface area (Å²) in [5.74, 6) is 0.655. The van der Waals surface area contributed by atoms with Gasteiger partial charge in [0.2, 0.25) is 0 Å². The predicted octanol–water partition coefficient (Wildman–Crippen LogP) is 4.77. The molecule has 1 unspecified atom stereocenters. The van der Waals surface area contributed by atoms with Gasteiger partial charge in [-0.2, -0.15) is 0 Å². The molecule has 6 nitrogen and oxygen atoms in total. The van der Waals surface area contributed by atoms with E-state index in [1.807, 2.05) is 49.4 Å². The van der Waals surface area contributed by atoms with Crippen LogP contribution in [0.15, 0.2) is 78.9 Å². The number of rotatable bonds is 8. The first-order chi connectivity index (χ1) is 15.0. The number of methoxy groups -OCH3 is 1. The van der Waals surface area contributed by atoms with Crippen molar-refractivity contribution in [2.45, 2.75) is 20.0 Å². The Bertz CT molecular complexity index is 1020. The third-order valence-corrected chi connectivity index (χ3v) is 4.77. The summed E-state index contributed by atoms with van der Waals surface area (Å²) in [4.78, 5) is 27.1. The van der Waals surface area contributed by atoms with Gasteiger partial charge in [-0.25, -0.2) is 0 Å². The van der Waals surface area contributed by atoms with Crippen molar-refractivity contribution in [3.63, 3.8) is 0 Å². The average Bonchev–Trinajstić information content (AvgIpc) is 2.81. The van der Waals surface area contributed by atoms with Gasteiger partial charge in [-0.1, -0.05) is 30.3 Å². The van der Waals surface area contributed by atoms with Crippen LogP contribution in [0.2, 0.25) is 0 Å². The van der Waals surface area contributed by atoms with Crippen LogP contribution in [-0.4, -0.2) is 31.6 Å². The van der Waals surface area contributed by atoms with Crippen LogP contribution in [0.5, 0.6) is 11.5 Å². The van der Waals surface area contributed by atoms with Gasteiger partial charge in [0, 0.05) is 23.5 Å². The molecule has 0 aliphatic rings. The minimum Gasteiger partial charge on any atom is -0.493 e. The number of hydrogen-bond acceptors (Lipinski definition) is 4. The molecule has 0 aliphatic heterocycles. The number of carbonyl (C=O) groups excluding carboxylic acids is 2. The molecule has 6 heteroatoms. The molecule has 1 atom stereocenters. The predicted molar refractivity (Wildman–Crippen MR) is 122 cm³/mol. The summed E-state index contributed by atoms with van der Waals surface area (Å²) in [6, 6.07) is 23.5. The molecule has 0 saturated heterocycles. The van der Waals surface area contributed by atoms with Gasteiger partial charge in [0.1, 0.15) is 0 Å². The second-order valence-corrected chi connectivity index (χ2v) is 6.86. The first-order valence-corrected chi connectivity index (χ1v) is 10.1. The molecule has 0 saturated carbocycles. The number of ether oxygens (including phenoxy) is 2. The van der Waals surface area contributed by atoms with Crippen molar-refractivity contribution >= 4 is 23.2 Å². The highest BCUT2D eigenvalue weighted by atomic mass is 16.5. The van der Waals surface area contributed by atoms with Gasteiger partial charge < -0.3 is 19.7 Å². The maximum absolute atomic E-state index is 12.9. The molecule has 0 aliphatic carbocycles. The van der Waals surface area contributed by atoms with Crippen LogP contribution in [0.4, 0.5) is 11.4 Å². The number of nitrogens with zero attached hydrogens (tertiary/aromatic N) is 1. The average molecular weight is 418 g/mol. The standard InChI is InChI=1S/C25H26N2O4/c1-4-27(21-10-6-5-7-11-21)25(29)19-14-16-20(17-15-19)26-24(28)18(2)31-23-13-9-8-12-22(23)30-3/h5-18H,4H2,1-3H3,(H,26,28). The Hall–Kier alpha value is -3.80. The second kappa shape index (κ2) is 10.3. The zero-order chi connectivity index (χ0) is 22.2. The summed E-state index contributed by atoms with van der Waals surface area (Å²) in [5.41, 5.74) is 1.97. The number of hydrogen-bond donors (Lipinski definition) is 1. The van der Waals surface area contributed by atoms with Crippen LogP contribution in [0, 0.1) is 0 Å². The third-order valence-electron chi connectivity index (χ3n) is 4.77. The molecule has 0 spiro atoms. The Balaban J connectivity index is 1.64. The highest BCUT2D eigenvalue weighted by Gasteiger charge is 2.18. The van der Waals surface area contributed by atoms with Gasteiger partial charge in [0.05, 0.1) is 7.11 Å². The summed E-state index contributed by atoms with van der Waals surface area (Å²) in [5, 5.41) is 2.81. The fourth-order valence-electron chi connectivity index (χ4n) is 3.11. The van der Waals surface area contributed by atoms with Crippen molar-refractivity contribution in [3.8, 4) is 11.5 Å². The van der Waals surface area contributed by atoms with Gasteiger partial charge in [-0.15, -0.1) is 0 Å². The molecule has 0 fully saturated rings. The number of benzene rings is 3. The van der Waals surface area contributed by atoms with E-state index in [-0.39, 0.29) is 11.8 Å². The van der Waals surface area contributed by atoms with Gasteiger partial charge in [0.15, 0.2) is 17.6 Å². The molecule has 3 aromatic carbocycles. The number of amides is 2. The van der Waals surface area contributed by atoms with Gasteiger partial charge >= 0.3 is 0 Å². The number of anilines is 2. The summed E-state index contributed by atoms with van der Waals surface area (Å²) in [6.07, 6.45) is -0.730. The molecule has 0 bridgehead atoms. The fraction of sp³-hybridized carbons (Fsp3) is 0.200. The summed E-state index contributed by atoms with van der Waals surface area (Å²) < 4.78 is 11.0. The van der Waals surface area contributed by atoms with E-state index >= 15 is 0 Å². The van der Waals surface area contributed by atoms with Crippen molar-refractivity contribution in [3.05, 3.63) is 84.4 Å². The first kappa shape index (κ1) is 21.9. The van der Waals surface area contributed by atoms with E-state index in [2.05, 4.69) is 5.32 Å². The zero-order valence-electron chi connectivity index (χ0n) is 17.9. The molecule has 3 aromatic rings. The summed E-state index contributed by atoms with van der Waals surface area (Å²) in [7, 11) is 1.55. The van der Waals surface area contributed by atoms with Crippen LogP contribution < -0.4 is 19.7 Å². The topological polar surface area (TPSA) is 67.9 Å². The quantitative estimate of drug-likeness (QED) is 0.572. The monoisotopic (exact) mass is 418 g/mol. The van der Waals surface area contributed by atoms with E-state index in [1.165, 1.54) is 0 Å². The van der Waals surface area contributed by atoms with Crippen molar-refractivity contribution in [1.82, 2.24) is 0 Å². The van der Waals surface area contributed by atoms with E-state index < -0.39 is 6.10 Å². The lowest BCUT2D eigenvalue weighted by atomic mass is 10.1. The Morgan fingerprint density at radius 2 is 1.52 bits per heavy atom. The van der Waals surface area contributed by atoms with Crippen molar-refractivity contribution in [2.24, 2.45) is 0 Å². The van der Waals surface area contributed by atoms with E-state index in [4.69, 9.17) is 9.47 Å². The van der Waals surface area contributed by atoms with E-state index in [1.54, 1.807) is 55.3 Å². The smallest absolute Gasteiger partial charge is 0.265 e.